The largest absolute Gasteiger partial charge is 0.343 e. The summed E-state index contributed by atoms with van der Waals surface area (Å²) in [7, 11) is 0. The van der Waals surface area contributed by atoms with Gasteiger partial charge < -0.3 is 0 Å². The van der Waals surface area contributed by atoms with Gasteiger partial charge in [0.05, 0.1) is 11.4 Å². The van der Waals surface area contributed by atoms with Crippen molar-refractivity contribution in [2.45, 2.75) is 11.4 Å². The van der Waals surface area contributed by atoms with Crippen molar-refractivity contribution in [2.24, 2.45) is 5.84 Å². The number of benzene rings is 1. The molecular formula is C11H11ClF2N4. The number of alkyl halides is 3. The minimum Gasteiger partial charge on any atom is -0.271 e. The summed E-state index contributed by atoms with van der Waals surface area (Å²) in [6.07, 6.45) is 1.41. The normalized spacial score (nSPS) is 13.6. The highest BCUT2D eigenvalue weighted by Crippen LogP contribution is 2.34. The molecule has 0 aliphatic rings. The zero-order valence-electron chi connectivity index (χ0n) is 9.22. The molecule has 0 amide bonds. The fourth-order valence-corrected chi connectivity index (χ4v) is 1.84. The van der Waals surface area contributed by atoms with Crippen LogP contribution in [0.5, 0.6) is 0 Å². The number of nitrogens with zero attached hydrogens (tertiary/aromatic N) is 2. The maximum atomic E-state index is 13.2. The second-order valence-corrected chi connectivity index (χ2v) is 4.15. The van der Waals surface area contributed by atoms with Gasteiger partial charge in [-0.2, -0.15) is 13.9 Å². The van der Waals surface area contributed by atoms with Gasteiger partial charge in [-0.1, -0.05) is 18.2 Å². The van der Waals surface area contributed by atoms with Crippen molar-refractivity contribution in [1.82, 2.24) is 15.2 Å². The fourth-order valence-electron chi connectivity index (χ4n) is 1.66. The van der Waals surface area contributed by atoms with E-state index in [9.17, 15) is 8.78 Å². The average molecular weight is 273 g/mol. The van der Waals surface area contributed by atoms with Gasteiger partial charge in [-0.3, -0.25) is 5.84 Å². The van der Waals surface area contributed by atoms with E-state index < -0.39 is 11.4 Å². The van der Waals surface area contributed by atoms with Gasteiger partial charge >= 0.3 is 5.38 Å². The van der Waals surface area contributed by atoms with E-state index in [1.807, 2.05) is 11.5 Å². The van der Waals surface area contributed by atoms with Gasteiger partial charge in [-0.05, 0) is 29.8 Å². The van der Waals surface area contributed by atoms with E-state index in [0.29, 0.717) is 5.69 Å². The summed E-state index contributed by atoms with van der Waals surface area (Å²) >= 11 is 5.03. The van der Waals surface area contributed by atoms with E-state index in [0.717, 1.165) is 0 Å². The van der Waals surface area contributed by atoms with Crippen LogP contribution < -0.4 is 11.3 Å². The second-order valence-electron chi connectivity index (χ2n) is 3.64. The van der Waals surface area contributed by atoms with E-state index in [1.165, 1.54) is 16.9 Å². The molecule has 4 nitrogen and oxygen atoms in total. The number of para-hydroxylation sites is 1. The van der Waals surface area contributed by atoms with E-state index >= 15 is 0 Å². The van der Waals surface area contributed by atoms with Gasteiger partial charge in [-0.25, -0.2) is 10.1 Å². The van der Waals surface area contributed by atoms with E-state index in [2.05, 4.69) is 5.10 Å². The Bertz CT molecular complexity index is 509. The van der Waals surface area contributed by atoms with Gasteiger partial charge in [-0.15, -0.1) is 0 Å². The molecule has 1 unspecified atom stereocenters. The lowest BCUT2D eigenvalue weighted by atomic mass is 10.2. The molecule has 1 aromatic heterocycles. The maximum Gasteiger partial charge on any atom is 0.343 e. The molecule has 0 radical (unpaired) electrons. The monoisotopic (exact) mass is 272 g/mol. The van der Waals surface area contributed by atoms with Crippen LogP contribution in [-0.2, 0) is 0 Å². The van der Waals surface area contributed by atoms with Crippen molar-refractivity contribution < 1.29 is 8.78 Å². The lowest BCUT2D eigenvalue weighted by Gasteiger charge is -2.21. The zero-order valence-corrected chi connectivity index (χ0v) is 9.98. The summed E-state index contributed by atoms with van der Waals surface area (Å²) in [6.45, 7) is 0. The summed E-state index contributed by atoms with van der Waals surface area (Å²) in [5.74, 6) is 5.14. The topological polar surface area (TPSA) is 55.9 Å². The van der Waals surface area contributed by atoms with Crippen LogP contribution in [-0.4, -0.2) is 15.2 Å². The van der Waals surface area contributed by atoms with Crippen LogP contribution in [0, 0.1) is 0 Å². The Morgan fingerprint density at radius 2 is 1.94 bits per heavy atom. The van der Waals surface area contributed by atoms with Crippen LogP contribution in [0.15, 0.2) is 42.6 Å². The molecule has 2 rings (SSSR count). The Morgan fingerprint density at radius 1 is 1.28 bits per heavy atom. The van der Waals surface area contributed by atoms with Crippen molar-refractivity contribution in [3.8, 4) is 5.69 Å². The molecular weight excluding hydrogens is 262 g/mol. The standard InChI is InChI=1S/C11H11ClF2N4/c12-11(13,14)10(17-15)9-6-7-16-18(9)8-4-2-1-3-5-8/h1-7,10,17H,15H2. The number of hydrazine groups is 1. The molecule has 1 atom stereocenters. The molecule has 1 aromatic carbocycles. The molecule has 18 heavy (non-hydrogen) atoms. The van der Waals surface area contributed by atoms with Gasteiger partial charge in [0.15, 0.2) is 0 Å². The number of aromatic nitrogens is 2. The van der Waals surface area contributed by atoms with Gasteiger partial charge in [0.25, 0.3) is 0 Å². The molecule has 0 aliphatic carbocycles. The number of hydrogen-bond donors (Lipinski definition) is 2. The number of halogens is 3. The van der Waals surface area contributed by atoms with Crippen molar-refractivity contribution >= 4 is 11.6 Å². The van der Waals surface area contributed by atoms with Crippen LogP contribution in [0.2, 0.25) is 0 Å². The first-order valence-corrected chi connectivity index (χ1v) is 5.54. The summed E-state index contributed by atoms with van der Waals surface area (Å²) in [6, 6.07) is 8.79. The highest BCUT2D eigenvalue weighted by atomic mass is 35.5. The minimum absolute atomic E-state index is 0.184. The predicted molar refractivity (Wildman–Crippen MR) is 64.4 cm³/mol. The Balaban J connectivity index is 2.45. The van der Waals surface area contributed by atoms with Crippen LogP contribution in [0.4, 0.5) is 8.78 Å². The summed E-state index contributed by atoms with van der Waals surface area (Å²) in [5, 5.41) is 0.485. The molecule has 0 spiro atoms. The zero-order chi connectivity index (χ0) is 13.2. The molecule has 96 valence electrons. The third kappa shape index (κ3) is 2.50. The molecule has 3 N–H and O–H groups in total. The smallest absolute Gasteiger partial charge is 0.271 e. The molecule has 7 heteroatoms. The number of nitrogens with one attached hydrogen (secondary N) is 1. The Morgan fingerprint density at radius 3 is 2.50 bits per heavy atom. The number of hydrogen-bond acceptors (Lipinski definition) is 3. The van der Waals surface area contributed by atoms with E-state index in [4.69, 9.17) is 17.4 Å². The Hall–Kier alpha value is -1.50. The van der Waals surface area contributed by atoms with Crippen molar-refractivity contribution in [3.05, 3.63) is 48.3 Å². The molecule has 0 bridgehead atoms. The highest BCUT2D eigenvalue weighted by Gasteiger charge is 2.39. The van der Waals surface area contributed by atoms with Crippen LogP contribution in [0.1, 0.15) is 11.7 Å². The van der Waals surface area contributed by atoms with Crippen LogP contribution in [0.3, 0.4) is 0 Å². The summed E-state index contributed by atoms with van der Waals surface area (Å²) in [5.41, 5.74) is 2.85. The minimum atomic E-state index is -3.51. The molecule has 2 aromatic rings. The van der Waals surface area contributed by atoms with E-state index in [1.54, 1.807) is 24.3 Å². The van der Waals surface area contributed by atoms with Crippen molar-refractivity contribution in [3.63, 3.8) is 0 Å². The quantitative estimate of drug-likeness (QED) is 0.510. The third-order valence-electron chi connectivity index (χ3n) is 2.46. The predicted octanol–water partition coefficient (Wildman–Crippen LogP) is 2.21. The molecule has 0 aliphatic heterocycles. The Labute approximate surface area is 107 Å². The average Bonchev–Trinajstić information content (AvgIpc) is 2.78. The number of rotatable bonds is 4. The SMILES string of the molecule is NNC(c1ccnn1-c1ccccc1)C(F)(F)Cl. The first-order valence-electron chi connectivity index (χ1n) is 5.16. The first kappa shape index (κ1) is 12.9. The number of nitrogens with two attached hydrogens (primary N) is 1. The van der Waals surface area contributed by atoms with Gasteiger partial charge in [0, 0.05) is 6.20 Å². The molecule has 0 fully saturated rings. The molecule has 0 saturated heterocycles. The lowest BCUT2D eigenvalue weighted by Crippen LogP contribution is -2.39. The Kier molecular flexibility index (Phi) is 3.60. The summed E-state index contributed by atoms with van der Waals surface area (Å²) in [4.78, 5) is 0. The lowest BCUT2D eigenvalue weighted by molar-refractivity contribution is 0.0471. The van der Waals surface area contributed by atoms with Gasteiger partial charge in [0.1, 0.15) is 6.04 Å². The van der Waals surface area contributed by atoms with E-state index in [-0.39, 0.29) is 5.69 Å². The van der Waals surface area contributed by atoms with Gasteiger partial charge in [0.2, 0.25) is 0 Å². The second kappa shape index (κ2) is 5.01. The highest BCUT2D eigenvalue weighted by molar-refractivity contribution is 6.22. The third-order valence-corrected chi connectivity index (χ3v) is 2.68. The van der Waals surface area contributed by atoms with Crippen LogP contribution >= 0.6 is 11.6 Å². The molecule has 1 heterocycles. The fraction of sp³-hybridized carbons (Fsp3) is 0.182. The van der Waals surface area contributed by atoms with Crippen LogP contribution in [0.25, 0.3) is 5.69 Å². The molecule has 0 saturated carbocycles. The van der Waals surface area contributed by atoms with Crippen molar-refractivity contribution in [1.29, 1.82) is 0 Å². The maximum absolute atomic E-state index is 13.2. The summed E-state index contributed by atoms with van der Waals surface area (Å²) < 4.78 is 27.8. The van der Waals surface area contributed by atoms with Crippen molar-refractivity contribution in [2.75, 3.05) is 0 Å². The first-order chi connectivity index (χ1) is 8.54.